The molecule has 0 saturated heterocycles. The van der Waals surface area contributed by atoms with Gasteiger partial charge in [0.05, 0.1) is 35.8 Å². The second kappa shape index (κ2) is 6.27. The SMILES string of the molecule is [C-]#[N+]C1=C(C(F)(F)F)NC(C(F)(F)F)=C(C#N)C1c1cc2cn[nH]c2cc1F. The summed E-state index contributed by atoms with van der Waals surface area (Å²) in [4.78, 5) is 2.68. The lowest BCUT2D eigenvalue weighted by atomic mass is 9.83. The highest BCUT2D eigenvalue weighted by molar-refractivity contribution is 5.79. The number of aromatic amines is 1. The zero-order valence-corrected chi connectivity index (χ0v) is 13.3. The number of rotatable bonds is 1. The van der Waals surface area contributed by atoms with Gasteiger partial charge in [-0.05, 0) is 17.7 Å². The normalized spacial score (nSPS) is 18.1. The minimum Gasteiger partial charge on any atom is -0.357 e. The Hall–Kier alpha value is -3.54. The molecule has 28 heavy (non-hydrogen) atoms. The van der Waals surface area contributed by atoms with Gasteiger partial charge < -0.3 is 5.32 Å². The number of alkyl halides is 6. The van der Waals surface area contributed by atoms with E-state index in [-0.39, 0.29) is 10.9 Å². The van der Waals surface area contributed by atoms with Gasteiger partial charge >= 0.3 is 12.4 Å². The van der Waals surface area contributed by atoms with E-state index in [1.807, 2.05) is 0 Å². The van der Waals surface area contributed by atoms with Crippen molar-refractivity contribution in [3.05, 3.63) is 63.8 Å². The third-order valence-corrected chi connectivity index (χ3v) is 4.01. The van der Waals surface area contributed by atoms with Crippen LogP contribution in [0.4, 0.5) is 30.7 Å². The maximum absolute atomic E-state index is 14.6. The van der Waals surface area contributed by atoms with Gasteiger partial charge in [0.2, 0.25) is 5.70 Å². The van der Waals surface area contributed by atoms with Gasteiger partial charge in [0.25, 0.3) is 0 Å². The summed E-state index contributed by atoms with van der Waals surface area (Å²) in [6, 6.07) is 2.95. The molecule has 0 saturated carbocycles. The van der Waals surface area contributed by atoms with Crippen LogP contribution in [0.2, 0.25) is 0 Å². The molecule has 3 rings (SSSR count). The lowest BCUT2D eigenvalue weighted by Gasteiger charge is -2.30. The number of aromatic nitrogens is 2. The van der Waals surface area contributed by atoms with Crippen LogP contribution in [-0.4, -0.2) is 22.5 Å². The number of hydrogen-bond acceptors (Lipinski definition) is 3. The lowest BCUT2D eigenvalue weighted by Crippen LogP contribution is -2.39. The van der Waals surface area contributed by atoms with Crippen LogP contribution in [0.15, 0.2) is 41.0 Å². The first-order valence-electron chi connectivity index (χ1n) is 7.28. The summed E-state index contributed by atoms with van der Waals surface area (Å²) in [5, 5.41) is 16.5. The third-order valence-electron chi connectivity index (χ3n) is 4.01. The lowest BCUT2D eigenvalue weighted by molar-refractivity contribution is -0.112. The van der Waals surface area contributed by atoms with Gasteiger partial charge in [-0.3, -0.25) is 5.10 Å². The van der Waals surface area contributed by atoms with E-state index < -0.39 is 52.3 Å². The Balaban J connectivity index is 2.40. The van der Waals surface area contributed by atoms with E-state index in [0.29, 0.717) is 0 Å². The summed E-state index contributed by atoms with van der Waals surface area (Å²) in [6.07, 6.45) is -9.57. The van der Waals surface area contributed by atoms with Crippen LogP contribution in [0, 0.1) is 23.7 Å². The van der Waals surface area contributed by atoms with Crippen LogP contribution in [0.25, 0.3) is 15.7 Å². The number of allylic oxidation sites excluding steroid dienone is 3. The van der Waals surface area contributed by atoms with E-state index in [1.165, 1.54) is 12.3 Å². The number of nitriles is 1. The highest BCUT2D eigenvalue weighted by atomic mass is 19.4. The first-order valence-corrected chi connectivity index (χ1v) is 7.28. The number of halogens is 7. The number of dihydropyridines is 1. The number of nitrogens with zero attached hydrogens (tertiary/aromatic N) is 3. The summed E-state index contributed by atoms with van der Waals surface area (Å²) in [6.45, 7) is 7.05. The van der Waals surface area contributed by atoms with E-state index in [0.717, 1.165) is 17.4 Å². The number of H-pyrrole nitrogens is 1. The van der Waals surface area contributed by atoms with Crippen LogP contribution in [0.1, 0.15) is 11.5 Å². The molecule has 2 aromatic rings. The second-order valence-corrected chi connectivity index (χ2v) is 5.66. The predicted molar refractivity (Wildman–Crippen MR) is 80.3 cm³/mol. The maximum atomic E-state index is 14.6. The molecule has 1 aromatic heterocycles. The Kier molecular flexibility index (Phi) is 4.30. The van der Waals surface area contributed by atoms with Crippen molar-refractivity contribution in [2.45, 2.75) is 18.3 Å². The van der Waals surface area contributed by atoms with Gasteiger partial charge in [0, 0.05) is 5.39 Å². The van der Waals surface area contributed by atoms with Crippen LogP contribution >= 0.6 is 0 Å². The largest absolute Gasteiger partial charge is 0.432 e. The Morgan fingerprint density at radius 1 is 1.11 bits per heavy atom. The van der Waals surface area contributed by atoms with E-state index >= 15 is 0 Å². The quantitative estimate of drug-likeness (QED) is 0.549. The Morgan fingerprint density at radius 2 is 1.75 bits per heavy atom. The van der Waals surface area contributed by atoms with Crippen LogP contribution < -0.4 is 5.32 Å². The molecule has 2 N–H and O–H groups in total. The Bertz CT molecular complexity index is 1060. The first kappa shape index (κ1) is 19.2. The molecule has 144 valence electrons. The van der Waals surface area contributed by atoms with Gasteiger partial charge in [-0.25, -0.2) is 9.24 Å². The minimum atomic E-state index is -5.37. The molecule has 0 bridgehead atoms. The van der Waals surface area contributed by atoms with Crippen LogP contribution in [0.5, 0.6) is 0 Å². The Morgan fingerprint density at radius 3 is 2.29 bits per heavy atom. The number of hydrogen-bond donors (Lipinski definition) is 2. The fourth-order valence-corrected chi connectivity index (χ4v) is 2.87. The summed E-state index contributed by atoms with van der Waals surface area (Å²) < 4.78 is 94.5. The average molecular weight is 401 g/mol. The number of nitrogens with one attached hydrogen (secondary N) is 2. The summed E-state index contributed by atoms with van der Waals surface area (Å²) in [7, 11) is 0. The summed E-state index contributed by atoms with van der Waals surface area (Å²) in [5.74, 6) is -3.39. The smallest absolute Gasteiger partial charge is 0.357 e. The van der Waals surface area contributed by atoms with Crippen molar-refractivity contribution in [2.24, 2.45) is 0 Å². The molecule has 12 heteroatoms. The number of fused-ring (bicyclic) bond motifs is 1. The van der Waals surface area contributed by atoms with Crippen molar-refractivity contribution in [2.75, 3.05) is 0 Å². The van der Waals surface area contributed by atoms with Crippen molar-refractivity contribution < 1.29 is 30.7 Å². The highest BCUT2D eigenvalue weighted by Crippen LogP contribution is 2.46. The van der Waals surface area contributed by atoms with E-state index in [4.69, 9.17) is 6.57 Å². The average Bonchev–Trinajstić information content (AvgIpc) is 3.04. The molecule has 0 amide bonds. The zero-order valence-electron chi connectivity index (χ0n) is 13.3. The van der Waals surface area contributed by atoms with E-state index in [1.54, 1.807) is 0 Å². The molecule has 0 spiro atoms. The topological polar surface area (TPSA) is 68.9 Å². The van der Waals surface area contributed by atoms with Crippen molar-refractivity contribution in [3.8, 4) is 6.07 Å². The van der Waals surface area contributed by atoms with Crippen molar-refractivity contribution in [1.82, 2.24) is 15.5 Å². The third kappa shape index (κ3) is 3.03. The van der Waals surface area contributed by atoms with E-state index in [9.17, 15) is 36.0 Å². The van der Waals surface area contributed by atoms with Gasteiger partial charge in [-0.1, -0.05) is 0 Å². The van der Waals surface area contributed by atoms with Gasteiger partial charge in [-0.15, -0.1) is 0 Å². The van der Waals surface area contributed by atoms with Gasteiger partial charge in [0.15, 0.2) is 0 Å². The maximum Gasteiger partial charge on any atom is 0.432 e. The molecule has 1 unspecified atom stereocenters. The number of benzene rings is 1. The molecule has 1 aliphatic heterocycles. The van der Waals surface area contributed by atoms with Crippen LogP contribution in [-0.2, 0) is 0 Å². The van der Waals surface area contributed by atoms with Crippen molar-refractivity contribution in [1.29, 1.82) is 5.26 Å². The fourth-order valence-electron chi connectivity index (χ4n) is 2.87. The van der Waals surface area contributed by atoms with Crippen molar-refractivity contribution in [3.63, 3.8) is 0 Å². The van der Waals surface area contributed by atoms with Crippen molar-refractivity contribution >= 4 is 10.9 Å². The molecule has 1 aliphatic rings. The molecule has 5 nitrogen and oxygen atoms in total. The molecule has 2 heterocycles. The molecule has 0 radical (unpaired) electrons. The molecule has 1 atom stereocenters. The minimum absolute atomic E-state index is 0.137. The predicted octanol–water partition coefficient (Wildman–Crippen LogP) is 4.42. The molecule has 0 aliphatic carbocycles. The highest BCUT2D eigenvalue weighted by Gasteiger charge is 2.50. The van der Waals surface area contributed by atoms with Gasteiger partial charge in [-0.2, -0.15) is 36.7 Å². The monoisotopic (exact) mass is 401 g/mol. The molecule has 0 fully saturated rings. The summed E-state index contributed by atoms with van der Waals surface area (Å²) in [5.41, 5.74) is -7.04. The van der Waals surface area contributed by atoms with Gasteiger partial charge in [0.1, 0.15) is 17.2 Å². The Labute approximate surface area is 151 Å². The standard InChI is InChI=1S/C16H6F7N5/c1-25-12-11(7-2-6-5-26-28-10(6)3-9(7)17)8(4-24)13(15(18,19)20)27-14(12)16(21,22)23/h2-3,5,11,27H,(H,26,28). The second-order valence-electron chi connectivity index (χ2n) is 5.66. The van der Waals surface area contributed by atoms with E-state index in [2.05, 4.69) is 15.0 Å². The molecular formula is C16H6F7N5. The first-order chi connectivity index (χ1) is 13.0. The molecular weight excluding hydrogens is 395 g/mol. The zero-order chi connectivity index (χ0) is 20.9. The fraction of sp³-hybridized carbons (Fsp3) is 0.188. The molecule has 1 aromatic carbocycles. The van der Waals surface area contributed by atoms with Crippen LogP contribution in [0.3, 0.4) is 0 Å². The summed E-state index contributed by atoms with van der Waals surface area (Å²) >= 11 is 0.